The maximum Gasteiger partial charge on any atom is 0.282 e. The summed E-state index contributed by atoms with van der Waals surface area (Å²) in [6.07, 6.45) is 2.53. The normalized spacial score (nSPS) is 20.8. The number of nitrogens with zero attached hydrogens (tertiary/aromatic N) is 2. The molecule has 0 radical (unpaired) electrons. The van der Waals surface area contributed by atoms with Gasteiger partial charge in [-0.1, -0.05) is 30.3 Å². The first-order chi connectivity index (χ1) is 10.0. The van der Waals surface area contributed by atoms with Crippen LogP contribution < -0.4 is 0 Å². The Balaban J connectivity index is 2.02. The lowest BCUT2D eigenvalue weighted by atomic mass is 9.97. The lowest BCUT2D eigenvalue weighted by molar-refractivity contribution is 0.197. The fourth-order valence-corrected chi connectivity index (χ4v) is 4.24. The highest BCUT2D eigenvalue weighted by Gasteiger charge is 2.31. The van der Waals surface area contributed by atoms with Crippen molar-refractivity contribution in [2.24, 2.45) is 5.92 Å². The van der Waals surface area contributed by atoms with E-state index in [4.69, 9.17) is 5.11 Å². The van der Waals surface area contributed by atoms with E-state index in [0.29, 0.717) is 26.1 Å². The molecule has 0 bridgehead atoms. The van der Waals surface area contributed by atoms with Crippen molar-refractivity contribution in [2.45, 2.75) is 25.8 Å². The van der Waals surface area contributed by atoms with Gasteiger partial charge in [-0.3, -0.25) is 0 Å². The molecule has 0 saturated carbocycles. The van der Waals surface area contributed by atoms with Crippen molar-refractivity contribution >= 4 is 10.2 Å². The molecule has 1 heterocycles. The van der Waals surface area contributed by atoms with Crippen LogP contribution in [0.5, 0.6) is 0 Å². The summed E-state index contributed by atoms with van der Waals surface area (Å²) in [6.45, 7) is 1.59. The van der Waals surface area contributed by atoms with Crippen molar-refractivity contribution in [1.29, 1.82) is 0 Å². The molecule has 0 amide bonds. The molecule has 0 aliphatic carbocycles. The Bertz CT molecular complexity index is 531. The Kier molecular flexibility index (Phi) is 5.75. The third-order valence-corrected chi connectivity index (χ3v) is 5.89. The van der Waals surface area contributed by atoms with Crippen molar-refractivity contribution in [3.8, 4) is 0 Å². The van der Waals surface area contributed by atoms with Crippen LogP contribution in [0.25, 0.3) is 0 Å². The van der Waals surface area contributed by atoms with Gasteiger partial charge in [0.1, 0.15) is 0 Å². The molecule has 1 N–H and O–H groups in total. The van der Waals surface area contributed by atoms with Gasteiger partial charge < -0.3 is 5.11 Å². The minimum atomic E-state index is -3.43. The highest BCUT2D eigenvalue weighted by Crippen LogP contribution is 2.23. The second-order valence-corrected chi connectivity index (χ2v) is 7.66. The quantitative estimate of drug-likeness (QED) is 0.865. The number of hydrogen-bond acceptors (Lipinski definition) is 3. The highest BCUT2D eigenvalue weighted by atomic mass is 32.2. The van der Waals surface area contributed by atoms with Crippen molar-refractivity contribution in [1.82, 2.24) is 8.61 Å². The molecule has 6 heteroatoms. The van der Waals surface area contributed by atoms with E-state index in [0.717, 1.165) is 18.4 Å². The van der Waals surface area contributed by atoms with Crippen LogP contribution >= 0.6 is 0 Å². The Morgan fingerprint density at radius 3 is 2.71 bits per heavy atom. The number of hydrogen-bond donors (Lipinski definition) is 1. The van der Waals surface area contributed by atoms with Gasteiger partial charge in [-0.25, -0.2) is 0 Å². The summed E-state index contributed by atoms with van der Waals surface area (Å²) in [5.74, 6) is 0.267. The average Bonchev–Trinajstić information content (AvgIpc) is 2.49. The summed E-state index contributed by atoms with van der Waals surface area (Å²) in [7, 11) is -1.80. The SMILES string of the molecule is CN(Cc1ccccc1)S(=O)(=O)N1CCCC(CCO)C1. The highest BCUT2D eigenvalue weighted by molar-refractivity contribution is 7.86. The molecule has 5 nitrogen and oxygen atoms in total. The number of aliphatic hydroxyl groups is 1. The van der Waals surface area contributed by atoms with E-state index in [1.807, 2.05) is 30.3 Å². The third kappa shape index (κ3) is 4.26. The lowest BCUT2D eigenvalue weighted by Gasteiger charge is -2.34. The van der Waals surface area contributed by atoms with Crippen LogP contribution in [0.2, 0.25) is 0 Å². The molecule has 1 aliphatic heterocycles. The standard InChI is InChI=1S/C15H24N2O3S/c1-16(12-14-6-3-2-4-7-14)21(19,20)17-10-5-8-15(13-17)9-11-18/h2-4,6-7,15,18H,5,8-13H2,1H3. The Labute approximate surface area is 127 Å². The summed E-state index contributed by atoms with van der Waals surface area (Å²) < 4.78 is 28.2. The summed E-state index contributed by atoms with van der Waals surface area (Å²) in [5.41, 5.74) is 0.979. The van der Waals surface area contributed by atoms with E-state index in [-0.39, 0.29) is 12.5 Å². The predicted octanol–water partition coefficient (Wildman–Crippen LogP) is 1.46. The van der Waals surface area contributed by atoms with Gasteiger partial charge >= 0.3 is 0 Å². The van der Waals surface area contributed by atoms with Crippen LogP contribution in [0.1, 0.15) is 24.8 Å². The Morgan fingerprint density at radius 1 is 1.33 bits per heavy atom. The molecule has 21 heavy (non-hydrogen) atoms. The fourth-order valence-electron chi connectivity index (χ4n) is 2.77. The fraction of sp³-hybridized carbons (Fsp3) is 0.600. The van der Waals surface area contributed by atoms with Gasteiger partial charge in [-0.05, 0) is 30.7 Å². The van der Waals surface area contributed by atoms with E-state index in [1.54, 1.807) is 11.4 Å². The second kappa shape index (κ2) is 7.35. The molecule has 1 unspecified atom stereocenters. The molecule has 1 atom stereocenters. The van der Waals surface area contributed by atoms with Crippen LogP contribution in [0.4, 0.5) is 0 Å². The first-order valence-electron chi connectivity index (χ1n) is 7.40. The minimum Gasteiger partial charge on any atom is -0.396 e. The molecule has 1 aliphatic rings. The zero-order valence-electron chi connectivity index (χ0n) is 12.5. The molecule has 0 spiro atoms. The van der Waals surface area contributed by atoms with Crippen LogP contribution in [-0.4, -0.2) is 48.9 Å². The predicted molar refractivity (Wildman–Crippen MR) is 82.8 cm³/mol. The first kappa shape index (κ1) is 16.4. The van der Waals surface area contributed by atoms with E-state index < -0.39 is 10.2 Å². The number of aliphatic hydroxyl groups excluding tert-OH is 1. The van der Waals surface area contributed by atoms with Gasteiger partial charge in [-0.2, -0.15) is 17.0 Å². The zero-order chi connectivity index (χ0) is 15.3. The molecule has 1 aromatic carbocycles. The van der Waals surface area contributed by atoms with Crippen LogP contribution in [0, 0.1) is 5.92 Å². The van der Waals surface area contributed by atoms with Gasteiger partial charge in [0.2, 0.25) is 0 Å². The van der Waals surface area contributed by atoms with Gasteiger partial charge in [0.05, 0.1) is 0 Å². The largest absolute Gasteiger partial charge is 0.396 e. The Hall–Kier alpha value is -0.950. The molecule has 0 aromatic heterocycles. The molecule has 1 aromatic rings. The van der Waals surface area contributed by atoms with Crippen molar-refractivity contribution in [3.63, 3.8) is 0 Å². The lowest BCUT2D eigenvalue weighted by Crippen LogP contribution is -2.46. The van der Waals surface area contributed by atoms with Crippen LogP contribution in [-0.2, 0) is 16.8 Å². The molecule has 118 valence electrons. The monoisotopic (exact) mass is 312 g/mol. The minimum absolute atomic E-state index is 0.123. The van der Waals surface area contributed by atoms with Gasteiger partial charge in [0.25, 0.3) is 10.2 Å². The maximum atomic E-state index is 12.6. The number of benzene rings is 1. The van der Waals surface area contributed by atoms with E-state index in [9.17, 15) is 8.42 Å². The van der Waals surface area contributed by atoms with Crippen molar-refractivity contribution in [3.05, 3.63) is 35.9 Å². The zero-order valence-corrected chi connectivity index (χ0v) is 13.3. The molecular weight excluding hydrogens is 288 g/mol. The Morgan fingerprint density at radius 2 is 2.05 bits per heavy atom. The van der Waals surface area contributed by atoms with Gasteiger partial charge in [0.15, 0.2) is 0 Å². The van der Waals surface area contributed by atoms with Crippen molar-refractivity contribution in [2.75, 3.05) is 26.7 Å². The van der Waals surface area contributed by atoms with Crippen molar-refractivity contribution < 1.29 is 13.5 Å². The van der Waals surface area contributed by atoms with Crippen LogP contribution in [0.3, 0.4) is 0 Å². The average molecular weight is 312 g/mol. The van der Waals surface area contributed by atoms with E-state index in [2.05, 4.69) is 0 Å². The number of piperidine rings is 1. The van der Waals surface area contributed by atoms with Crippen LogP contribution in [0.15, 0.2) is 30.3 Å². The first-order valence-corrected chi connectivity index (χ1v) is 8.80. The maximum absolute atomic E-state index is 12.6. The summed E-state index contributed by atoms with van der Waals surface area (Å²) in [6, 6.07) is 9.59. The number of rotatable bonds is 6. The molecule has 1 fully saturated rings. The van der Waals surface area contributed by atoms with E-state index in [1.165, 1.54) is 4.31 Å². The third-order valence-electron chi connectivity index (χ3n) is 3.99. The van der Waals surface area contributed by atoms with E-state index >= 15 is 0 Å². The smallest absolute Gasteiger partial charge is 0.282 e. The summed E-state index contributed by atoms with van der Waals surface area (Å²) >= 11 is 0. The summed E-state index contributed by atoms with van der Waals surface area (Å²) in [4.78, 5) is 0. The van der Waals surface area contributed by atoms with Gasteiger partial charge in [-0.15, -0.1) is 0 Å². The topological polar surface area (TPSA) is 60.9 Å². The van der Waals surface area contributed by atoms with Gasteiger partial charge in [0, 0.05) is 33.3 Å². The summed E-state index contributed by atoms with van der Waals surface area (Å²) in [5, 5.41) is 9.03. The molecule has 1 saturated heterocycles. The molecule has 2 rings (SSSR count). The second-order valence-electron chi connectivity index (χ2n) is 5.63. The molecular formula is C15H24N2O3S.